The maximum absolute atomic E-state index is 12.2. The van der Waals surface area contributed by atoms with Crippen molar-refractivity contribution in [3.63, 3.8) is 0 Å². The molecule has 9 nitrogen and oxygen atoms in total. The number of nitrogens with one attached hydrogen (secondary N) is 2. The Labute approximate surface area is 189 Å². The topological polar surface area (TPSA) is 130 Å². The standard InChI is InChI=1S/C24H18N4O5/c1-32-21-4-2-3-18(13-21)24(31)33-20-11-7-17(8-12-20)15-26-28-23(30)22(29)27-19-9-5-16(14-25)6-10-19/h2-13,15H,1H3,(H,27,29)(H,28,30). The summed E-state index contributed by atoms with van der Waals surface area (Å²) in [6.07, 6.45) is 1.33. The number of amides is 2. The van der Waals surface area contributed by atoms with Gasteiger partial charge in [-0.15, -0.1) is 0 Å². The van der Waals surface area contributed by atoms with Gasteiger partial charge in [-0.05, 0) is 72.3 Å². The fourth-order valence-corrected chi connectivity index (χ4v) is 2.57. The average Bonchev–Trinajstić information content (AvgIpc) is 2.85. The van der Waals surface area contributed by atoms with Crippen molar-refractivity contribution in [2.75, 3.05) is 12.4 Å². The molecule has 33 heavy (non-hydrogen) atoms. The monoisotopic (exact) mass is 442 g/mol. The smallest absolute Gasteiger partial charge is 0.343 e. The van der Waals surface area contributed by atoms with Crippen molar-refractivity contribution in [3.8, 4) is 17.6 Å². The van der Waals surface area contributed by atoms with E-state index in [-0.39, 0.29) is 0 Å². The van der Waals surface area contributed by atoms with Crippen LogP contribution in [0.3, 0.4) is 0 Å². The molecule has 2 N–H and O–H groups in total. The Kier molecular flexibility index (Phi) is 7.49. The molecule has 0 radical (unpaired) electrons. The van der Waals surface area contributed by atoms with E-state index >= 15 is 0 Å². The molecule has 0 aliphatic carbocycles. The van der Waals surface area contributed by atoms with Crippen molar-refractivity contribution in [2.24, 2.45) is 5.10 Å². The van der Waals surface area contributed by atoms with E-state index in [0.717, 1.165) is 0 Å². The lowest BCUT2D eigenvalue weighted by atomic mass is 10.2. The van der Waals surface area contributed by atoms with E-state index in [1.54, 1.807) is 48.5 Å². The first kappa shape index (κ1) is 22.7. The molecular weight excluding hydrogens is 424 g/mol. The number of carbonyl (C=O) groups excluding carboxylic acids is 3. The summed E-state index contributed by atoms with van der Waals surface area (Å²) in [5, 5.41) is 14.9. The van der Waals surface area contributed by atoms with E-state index in [9.17, 15) is 14.4 Å². The Morgan fingerprint density at radius 1 is 0.939 bits per heavy atom. The molecule has 3 rings (SSSR count). The third-order valence-electron chi connectivity index (χ3n) is 4.25. The molecule has 3 aromatic rings. The van der Waals surface area contributed by atoms with E-state index in [1.807, 2.05) is 6.07 Å². The van der Waals surface area contributed by atoms with Crippen LogP contribution in [-0.2, 0) is 9.59 Å². The lowest BCUT2D eigenvalue weighted by Gasteiger charge is -2.06. The molecule has 0 aromatic heterocycles. The van der Waals surface area contributed by atoms with Gasteiger partial charge in [0, 0.05) is 5.69 Å². The Morgan fingerprint density at radius 2 is 1.67 bits per heavy atom. The summed E-state index contributed by atoms with van der Waals surface area (Å²) >= 11 is 0. The van der Waals surface area contributed by atoms with Gasteiger partial charge in [-0.1, -0.05) is 6.07 Å². The van der Waals surface area contributed by atoms with Crippen LogP contribution in [0.4, 0.5) is 5.69 Å². The lowest BCUT2D eigenvalue weighted by molar-refractivity contribution is -0.136. The summed E-state index contributed by atoms with van der Waals surface area (Å²) in [6, 6.07) is 21.0. The number of nitrogens with zero attached hydrogens (tertiary/aromatic N) is 2. The largest absolute Gasteiger partial charge is 0.497 e. The maximum Gasteiger partial charge on any atom is 0.343 e. The van der Waals surface area contributed by atoms with Gasteiger partial charge in [0.2, 0.25) is 0 Å². The second-order valence-electron chi connectivity index (χ2n) is 6.53. The molecule has 0 aliphatic rings. The van der Waals surface area contributed by atoms with Gasteiger partial charge < -0.3 is 14.8 Å². The second-order valence-corrected chi connectivity index (χ2v) is 6.53. The van der Waals surface area contributed by atoms with Crippen molar-refractivity contribution in [3.05, 3.63) is 89.5 Å². The van der Waals surface area contributed by atoms with Crippen LogP contribution in [0.5, 0.6) is 11.5 Å². The van der Waals surface area contributed by atoms with Crippen LogP contribution in [0.2, 0.25) is 0 Å². The summed E-state index contributed by atoms with van der Waals surface area (Å²) in [6.45, 7) is 0. The number of ether oxygens (including phenoxy) is 2. The number of esters is 1. The Bertz CT molecular complexity index is 1230. The van der Waals surface area contributed by atoms with E-state index < -0.39 is 17.8 Å². The minimum absolute atomic E-state index is 0.325. The van der Waals surface area contributed by atoms with Gasteiger partial charge in [0.15, 0.2) is 0 Å². The van der Waals surface area contributed by atoms with E-state index in [2.05, 4.69) is 15.8 Å². The Balaban J connectivity index is 1.50. The first-order valence-electron chi connectivity index (χ1n) is 9.59. The summed E-state index contributed by atoms with van der Waals surface area (Å²) in [5.41, 5.74) is 3.88. The molecule has 0 saturated heterocycles. The summed E-state index contributed by atoms with van der Waals surface area (Å²) in [7, 11) is 1.51. The fourth-order valence-electron chi connectivity index (χ4n) is 2.57. The fraction of sp³-hybridized carbons (Fsp3) is 0.0417. The Morgan fingerprint density at radius 3 is 2.33 bits per heavy atom. The highest BCUT2D eigenvalue weighted by Crippen LogP contribution is 2.17. The zero-order valence-corrected chi connectivity index (χ0v) is 17.4. The van der Waals surface area contributed by atoms with Gasteiger partial charge in [0.25, 0.3) is 0 Å². The molecule has 0 heterocycles. The predicted molar refractivity (Wildman–Crippen MR) is 120 cm³/mol. The highest BCUT2D eigenvalue weighted by Gasteiger charge is 2.13. The van der Waals surface area contributed by atoms with E-state index in [4.69, 9.17) is 14.7 Å². The van der Waals surface area contributed by atoms with Gasteiger partial charge in [-0.3, -0.25) is 9.59 Å². The lowest BCUT2D eigenvalue weighted by Crippen LogP contribution is -2.32. The van der Waals surface area contributed by atoms with Crippen molar-refractivity contribution < 1.29 is 23.9 Å². The first-order chi connectivity index (χ1) is 16.0. The third kappa shape index (κ3) is 6.50. The summed E-state index contributed by atoms with van der Waals surface area (Å²) in [4.78, 5) is 36.0. The number of hydrogen-bond acceptors (Lipinski definition) is 7. The predicted octanol–water partition coefficient (Wildman–Crippen LogP) is 2.87. The summed E-state index contributed by atoms with van der Waals surface area (Å²) in [5.74, 6) is -1.53. The van der Waals surface area contributed by atoms with Crippen LogP contribution in [0, 0.1) is 11.3 Å². The molecule has 2 amide bonds. The van der Waals surface area contributed by atoms with Crippen LogP contribution in [0.1, 0.15) is 21.5 Å². The molecule has 3 aromatic carbocycles. The molecule has 0 unspecified atom stereocenters. The van der Waals surface area contributed by atoms with Crippen molar-refractivity contribution in [2.45, 2.75) is 0 Å². The molecule has 0 aliphatic heterocycles. The molecule has 0 atom stereocenters. The van der Waals surface area contributed by atoms with Gasteiger partial charge in [0.05, 0.1) is 30.5 Å². The molecule has 0 bridgehead atoms. The van der Waals surface area contributed by atoms with E-state index in [1.165, 1.54) is 37.6 Å². The maximum atomic E-state index is 12.2. The number of anilines is 1. The molecule has 0 saturated carbocycles. The van der Waals surface area contributed by atoms with Gasteiger partial charge in [-0.2, -0.15) is 10.4 Å². The molecule has 0 spiro atoms. The minimum Gasteiger partial charge on any atom is -0.497 e. The van der Waals surface area contributed by atoms with E-state index in [0.29, 0.717) is 33.9 Å². The van der Waals surface area contributed by atoms with Crippen LogP contribution in [-0.4, -0.2) is 31.1 Å². The average molecular weight is 442 g/mol. The highest BCUT2D eigenvalue weighted by atomic mass is 16.5. The number of hydrazone groups is 1. The number of hydrogen-bond donors (Lipinski definition) is 2. The molecule has 164 valence electrons. The normalized spacial score (nSPS) is 10.2. The van der Waals surface area contributed by atoms with Crippen molar-refractivity contribution >= 4 is 29.7 Å². The zero-order chi connectivity index (χ0) is 23.6. The van der Waals surface area contributed by atoms with Crippen molar-refractivity contribution in [1.29, 1.82) is 5.26 Å². The van der Waals surface area contributed by atoms with Crippen LogP contribution in [0.25, 0.3) is 0 Å². The second kappa shape index (κ2) is 10.9. The van der Waals surface area contributed by atoms with Gasteiger partial charge in [0.1, 0.15) is 11.5 Å². The molecule has 0 fully saturated rings. The number of benzene rings is 3. The SMILES string of the molecule is COc1cccc(C(=O)Oc2ccc(C=NNC(=O)C(=O)Nc3ccc(C#N)cc3)cc2)c1. The van der Waals surface area contributed by atoms with Crippen molar-refractivity contribution in [1.82, 2.24) is 5.43 Å². The van der Waals surface area contributed by atoms with Crippen LogP contribution < -0.4 is 20.2 Å². The Hall–Kier alpha value is -4.97. The van der Waals surface area contributed by atoms with Gasteiger partial charge in [-0.25, -0.2) is 10.2 Å². The molecule has 9 heteroatoms. The zero-order valence-electron chi connectivity index (χ0n) is 17.4. The number of carbonyl (C=O) groups is 3. The highest BCUT2D eigenvalue weighted by molar-refractivity contribution is 6.39. The van der Waals surface area contributed by atoms with Gasteiger partial charge >= 0.3 is 17.8 Å². The number of rotatable bonds is 6. The van der Waals surface area contributed by atoms with Crippen LogP contribution in [0.15, 0.2) is 77.9 Å². The minimum atomic E-state index is -0.959. The third-order valence-corrected chi connectivity index (χ3v) is 4.25. The van der Waals surface area contributed by atoms with Crippen LogP contribution >= 0.6 is 0 Å². The number of nitriles is 1. The molecular formula is C24H18N4O5. The quantitative estimate of drug-likeness (QED) is 0.199. The number of methoxy groups -OCH3 is 1. The first-order valence-corrected chi connectivity index (χ1v) is 9.59. The summed E-state index contributed by atoms with van der Waals surface area (Å²) < 4.78 is 10.4.